The van der Waals surface area contributed by atoms with Gasteiger partial charge in [0.1, 0.15) is 18.0 Å². The van der Waals surface area contributed by atoms with Crippen molar-refractivity contribution in [3.8, 4) is 0 Å². The zero-order valence-electron chi connectivity index (χ0n) is 12.0. The molecule has 0 fully saturated rings. The molecule has 3 rings (SSSR count). The Bertz CT molecular complexity index is 764. The maximum Gasteiger partial charge on any atom is 0.254 e. The second-order valence-corrected chi connectivity index (χ2v) is 4.83. The summed E-state index contributed by atoms with van der Waals surface area (Å²) in [6.07, 6.45) is 2.34. The number of aryl methyl sites for hydroxylation is 1. The summed E-state index contributed by atoms with van der Waals surface area (Å²) in [7, 11) is 0. The summed E-state index contributed by atoms with van der Waals surface area (Å²) in [5.41, 5.74) is 3.05. The number of hydrogen-bond acceptors (Lipinski definition) is 4. The van der Waals surface area contributed by atoms with Gasteiger partial charge in [-0.2, -0.15) is 14.6 Å². The van der Waals surface area contributed by atoms with Crippen LogP contribution in [0.2, 0.25) is 0 Å². The third kappa shape index (κ3) is 2.56. The standard InChI is InChI=1S/C15H16FN5/c1-3-13-10(2)20-15-18-9-19-21(15)14(13)17-8-11-4-6-12(16)7-5-11/h4-7,9,17H,3,8H2,1-2H3. The summed E-state index contributed by atoms with van der Waals surface area (Å²) >= 11 is 0. The van der Waals surface area contributed by atoms with E-state index >= 15 is 0 Å². The van der Waals surface area contributed by atoms with Gasteiger partial charge >= 0.3 is 0 Å². The molecular formula is C15H16FN5. The predicted octanol–water partition coefficient (Wildman–Crippen LogP) is 2.75. The van der Waals surface area contributed by atoms with E-state index in [1.807, 2.05) is 6.92 Å². The molecule has 0 aliphatic heterocycles. The van der Waals surface area contributed by atoms with Gasteiger partial charge in [-0.1, -0.05) is 19.1 Å². The molecule has 108 valence electrons. The topological polar surface area (TPSA) is 55.1 Å². The SMILES string of the molecule is CCc1c(C)nc2ncnn2c1NCc1ccc(F)cc1. The van der Waals surface area contributed by atoms with Gasteiger partial charge in [-0.15, -0.1) is 0 Å². The lowest BCUT2D eigenvalue weighted by Crippen LogP contribution is -2.11. The zero-order chi connectivity index (χ0) is 14.8. The van der Waals surface area contributed by atoms with Crippen molar-refractivity contribution in [3.63, 3.8) is 0 Å². The van der Waals surface area contributed by atoms with Crippen molar-refractivity contribution in [2.75, 3.05) is 5.32 Å². The van der Waals surface area contributed by atoms with Gasteiger partial charge in [0.2, 0.25) is 0 Å². The van der Waals surface area contributed by atoms with Crippen molar-refractivity contribution in [3.05, 3.63) is 53.2 Å². The molecule has 0 saturated heterocycles. The molecule has 0 saturated carbocycles. The molecule has 21 heavy (non-hydrogen) atoms. The largest absolute Gasteiger partial charge is 0.366 e. The molecule has 0 radical (unpaired) electrons. The van der Waals surface area contributed by atoms with E-state index in [2.05, 4.69) is 27.3 Å². The van der Waals surface area contributed by atoms with Crippen LogP contribution in [0.5, 0.6) is 0 Å². The quantitative estimate of drug-likeness (QED) is 0.801. The highest BCUT2D eigenvalue weighted by Crippen LogP contribution is 2.20. The van der Waals surface area contributed by atoms with Gasteiger partial charge in [0.15, 0.2) is 0 Å². The van der Waals surface area contributed by atoms with Crippen LogP contribution < -0.4 is 5.32 Å². The maximum absolute atomic E-state index is 12.9. The molecule has 1 N–H and O–H groups in total. The van der Waals surface area contributed by atoms with Crippen LogP contribution in [0.15, 0.2) is 30.6 Å². The smallest absolute Gasteiger partial charge is 0.254 e. The Morgan fingerprint density at radius 3 is 2.71 bits per heavy atom. The van der Waals surface area contributed by atoms with Gasteiger partial charge < -0.3 is 5.32 Å². The average molecular weight is 285 g/mol. The van der Waals surface area contributed by atoms with E-state index in [9.17, 15) is 4.39 Å². The van der Waals surface area contributed by atoms with Crippen LogP contribution >= 0.6 is 0 Å². The lowest BCUT2D eigenvalue weighted by Gasteiger charge is -2.14. The van der Waals surface area contributed by atoms with Crippen molar-refractivity contribution in [2.45, 2.75) is 26.8 Å². The third-order valence-electron chi connectivity index (χ3n) is 3.46. The van der Waals surface area contributed by atoms with Gasteiger partial charge in [0.05, 0.1) is 0 Å². The van der Waals surface area contributed by atoms with E-state index in [4.69, 9.17) is 0 Å². The van der Waals surface area contributed by atoms with Gasteiger partial charge in [0, 0.05) is 17.8 Å². The van der Waals surface area contributed by atoms with Crippen LogP contribution in [0, 0.1) is 12.7 Å². The molecule has 0 spiro atoms. The summed E-state index contributed by atoms with van der Waals surface area (Å²) in [6.45, 7) is 4.64. The van der Waals surface area contributed by atoms with Crippen molar-refractivity contribution < 1.29 is 4.39 Å². The summed E-state index contributed by atoms with van der Waals surface area (Å²) in [5.74, 6) is 1.24. The second kappa shape index (κ2) is 5.47. The van der Waals surface area contributed by atoms with Crippen molar-refractivity contribution in [1.82, 2.24) is 19.6 Å². The fraction of sp³-hybridized carbons (Fsp3) is 0.267. The van der Waals surface area contributed by atoms with Gasteiger partial charge in [-0.25, -0.2) is 9.37 Å². The number of fused-ring (bicyclic) bond motifs is 1. The van der Waals surface area contributed by atoms with Crippen molar-refractivity contribution in [1.29, 1.82) is 0 Å². The molecule has 1 aromatic carbocycles. The molecule has 0 amide bonds. The molecule has 2 aromatic heterocycles. The summed E-state index contributed by atoms with van der Waals surface area (Å²) in [6, 6.07) is 6.45. The predicted molar refractivity (Wildman–Crippen MR) is 78.6 cm³/mol. The fourth-order valence-electron chi connectivity index (χ4n) is 2.38. The van der Waals surface area contributed by atoms with Crippen LogP contribution in [0.3, 0.4) is 0 Å². The first-order valence-corrected chi connectivity index (χ1v) is 6.86. The number of rotatable bonds is 4. The van der Waals surface area contributed by atoms with Crippen molar-refractivity contribution in [2.24, 2.45) is 0 Å². The Morgan fingerprint density at radius 1 is 1.24 bits per heavy atom. The Labute approximate surface area is 121 Å². The van der Waals surface area contributed by atoms with Crippen LogP contribution in [0.4, 0.5) is 10.2 Å². The molecule has 3 aromatic rings. The van der Waals surface area contributed by atoms with E-state index in [-0.39, 0.29) is 5.82 Å². The average Bonchev–Trinajstić information content (AvgIpc) is 2.94. The number of halogens is 1. The van der Waals surface area contributed by atoms with E-state index in [1.54, 1.807) is 16.6 Å². The molecule has 0 aliphatic rings. The van der Waals surface area contributed by atoms with E-state index in [0.717, 1.165) is 29.1 Å². The highest BCUT2D eigenvalue weighted by molar-refractivity contribution is 5.52. The van der Waals surface area contributed by atoms with E-state index in [0.29, 0.717) is 12.3 Å². The molecule has 0 unspecified atom stereocenters. The minimum atomic E-state index is -0.230. The maximum atomic E-state index is 12.9. The number of nitrogens with one attached hydrogen (secondary N) is 1. The lowest BCUT2D eigenvalue weighted by atomic mass is 10.1. The fourth-order valence-corrected chi connectivity index (χ4v) is 2.38. The number of hydrogen-bond donors (Lipinski definition) is 1. The van der Waals surface area contributed by atoms with Crippen LogP contribution in [-0.2, 0) is 13.0 Å². The Hall–Kier alpha value is -2.50. The van der Waals surface area contributed by atoms with Crippen molar-refractivity contribution >= 4 is 11.6 Å². The van der Waals surface area contributed by atoms with Crippen LogP contribution in [0.1, 0.15) is 23.7 Å². The van der Waals surface area contributed by atoms with E-state index < -0.39 is 0 Å². The normalized spacial score (nSPS) is 11.0. The molecular weight excluding hydrogens is 269 g/mol. The first-order chi connectivity index (χ1) is 10.2. The zero-order valence-corrected chi connectivity index (χ0v) is 12.0. The third-order valence-corrected chi connectivity index (χ3v) is 3.46. The van der Waals surface area contributed by atoms with Gasteiger partial charge in [-0.3, -0.25) is 0 Å². The minimum Gasteiger partial charge on any atom is -0.366 e. The molecule has 0 bridgehead atoms. The minimum absolute atomic E-state index is 0.230. The van der Waals surface area contributed by atoms with E-state index in [1.165, 1.54) is 18.5 Å². The Kier molecular flexibility index (Phi) is 3.51. The lowest BCUT2D eigenvalue weighted by molar-refractivity contribution is 0.627. The Morgan fingerprint density at radius 2 is 2.00 bits per heavy atom. The van der Waals surface area contributed by atoms with Crippen LogP contribution in [-0.4, -0.2) is 19.6 Å². The highest BCUT2D eigenvalue weighted by Gasteiger charge is 2.12. The highest BCUT2D eigenvalue weighted by atomic mass is 19.1. The number of benzene rings is 1. The second-order valence-electron chi connectivity index (χ2n) is 4.83. The molecule has 2 heterocycles. The summed E-state index contributed by atoms with van der Waals surface area (Å²) < 4.78 is 14.6. The molecule has 5 nitrogen and oxygen atoms in total. The molecule has 0 atom stereocenters. The number of aromatic nitrogens is 4. The summed E-state index contributed by atoms with van der Waals surface area (Å²) in [4.78, 5) is 8.57. The van der Waals surface area contributed by atoms with Crippen LogP contribution in [0.25, 0.3) is 5.78 Å². The molecule has 0 aliphatic carbocycles. The Balaban J connectivity index is 1.95. The first kappa shape index (κ1) is 13.5. The monoisotopic (exact) mass is 285 g/mol. The molecule has 6 heteroatoms. The number of nitrogens with zero attached hydrogens (tertiary/aromatic N) is 4. The van der Waals surface area contributed by atoms with Gasteiger partial charge in [0.25, 0.3) is 5.78 Å². The summed E-state index contributed by atoms with van der Waals surface area (Å²) in [5, 5.41) is 7.58. The first-order valence-electron chi connectivity index (χ1n) is 6.86. The van der Waals surface area contributed by atoms with Gasteiger partial charge in [-0.05, 0) is 31.0 Å². The number of anilines is 1.